The molecular weight excluding hydrogens is 594 g/mol. The van der Waals surface area contributed by atoms with E-state index in [0.29, 0.717) is 37.4 Å². The second-order valence-electron chi connectivity index (χ2n) is 15.7. The van der Waals surface area contributed by atoms with Crippen molar-refractivity contribution in [1.82, 2.24) is 5.32 Å². The van der Waals surface area contributed by atoms with Crippen molar-refractivity contribution >= 4 is 11.9 Å². The summed E-state index contributed by atoms with van der Waals surface area (Å²) >= 11 is 0. The molecule has 0 saturated heterocycles. The highest BCUT2D eigenvalue weighted by Gasteiger charge is 2.17. The molecule has 0 unspecified atom stereocenters. The highest BCUT2D eigenvalue weighted by Crippen LogP contribution is 2.27. The maximum Gasteiger partial charge on any atom is 0.305 e. The lowest BCUT2D eigenvalue weighted by molar-refractivity contribution is -0.145. The molecule has 0 rings (SSSR count). The number of nitrogens with one attached hydrogen (secondary N) is 1. The Balaban J connectivity index is 3.76. The third-order valence-corrected chi connectivity index (χ3v) is 10.1. The first-order valence-corrected chi connectivity index (χ1v) is 21.4. The predicted molar refractivity (Wildman–Crippen MR) is 208 cm³/mol. The lowest BCUT2D eigenvalue weighted by atomic mass is 9.83. The quantitative estimate of drug-likeness (QED) is 0.0520. The number of carbonyl (C=O) groups is 2. The van der Waals surface area contributed by atoms with Crippen molar-refractivity contribution in [3.8, 4) is 0 Å². The highest BCUT2D eigenvalue weighted by molar-refractivity contribution is 5.69. The van der Waals surface area contributed by atoms with E-state index in [-0.39, 0.29) is 11.9 Å². The summed E-state index contributed by atoms with van der Waals surface area (Å²) in [5.41, 5.74) is 0.298. The van der Waals surface area contributed by atoms with Gasteiger partial charge in [-0.15, -0.1) is 0 Å². The van der Waals surface area contributed by atoms with Crippen molar-refractivity contribution in [2.45, 2.75) is 227 Å². The average Bonchev–Trinajstić information content (AvgIpc) is 3.07. The Kier molecular flexibility index (Phi) is 34.9. The third-order valence-electron chi connectivity index (χ3n) is 10.1. The fourth-order valence-corrected chi connectivity index (χ4v) is 6.58. The SMILES string of the molecule is CCCCCCCCCOC(=O)CCCCC(C)(C)CCNCCCCCCCC(=O)OCC(CCCCCCC)CCCCCCC. The van der Waals surface area contributed by atoms with Crippen molar-refractivity contribution in [1.29, 1.82) is 0 Å². The zero-order chi connectivity index (χ0) is 35.4. The zero-order valence-corrected chi connectivity index (χ0v) is 33.3. The Bertz CT molecular complexity index is 680. The number of hydrogen-bond donors (Lipinski definition) is 1. The van der Waals surface area contributed by atoms with Crippen LogP contribution in [0.15, 0.2) is 0 Å². The van der Waals surface area contributed by atoms with E-state index in [2.05, 4.69) is 39.9 Å². The highest BCUT2D eigenvalue weighted by atomic mass is 16.5. The predicted octanol–water partition coefficient (Wildman–Crippen LogP) is 13.1. The minimum absolute atomic E-state index is 0.0139. The molecule has 5 nitrogen and oxygen atoms in total. The maximum atomic E-state index is 12.4. The summed E-state index contributed by atoms with van der Waals surface area (Å²) in [4.78, 5) is 24.4. The number of carbonyl (C=O) groups excluding carboxylic acids is 2. The van der Waals surface area contributed by atoms with Gasteiger partial charge in [-0.3, -0.25) is 9.59 Å². The molecule has 0 aromatic rings. The molecule has 0 heterocycles. The lowest BCUT2D eigenvalue weighted by Crippen LogP contribution is -2.23. The van der Waals surface area contributed by atoms with Crippen LogP contribution >= 0.6 is 0 Å². The number of esters is 2. The van der Waals surface area contributed by atoms with E-state index in [0.717, 1.165) is 58.0 Å². The molecule has 0 aliphatic carbocycles. The normalized spacial score (nSPS) is 11.8. The first-order chi connectivity index (χ1) is 23.3. The molecule has 5 heteroatoms. The summed E-state index contributed by atoms with van der Waals surface area (Å²) < 4.78 is 11.2. The molecular formula is C43H85NO4. The molecule has 0 aromatic heterocycles. The summed E-state index contributed by atoms with van der Waals surface area (Å²) in [5.74, 6) is 0.548. The maximum absolute atomic E-state index is 12.4. The van der Waals surface area contributed by atoms with Crippen LogP contribution in [0.5, 0.6) is 0 Å². The first kappa shape index (κ1) is 46.9. The fraction of sp³-hybridized carbons (Fsp3) is 0.953. The fourth-order valence-electron chi connectivity index (χ4n) is 6.58. The van der Waals surface area contributed by atoms with Crippen LogP contribution in [-0.2, 0) is 19.1 Å². The van der Waals surface area contributed by atoms with Crippen LogP contribution in [0.3, 0.4) is 0 Å². The molecule has 0 aromatic carbocycles. The summed E-state index contributed by atoms with van der Waals surface area (Å²) in [6, 6.07) is 0. The second-order valence-corrected chi connectivity index (χ2v) is 15.7. The van der Waals surface area contributed by atoms with Crippen LogP contribution < -0.4 is 5.32 Å². The molecule has 48 heavy (non-hydrogen) atoms. The van der Waals surface area contributed by atoms with Crippen molar-refractivity contribution < 1.29 is 19.1 Å². The van der Waals surface area contributed by atoms with Gasteiger partial charge in [-0.05, 0) is 75.8 Å². The first-order valence-electron chi connectivity index (χ1n) is 21.4. The Morgan fingerprint density at radius 2 is 0.958 bits per heavy atom. The number of hydrogen-bond acceptors (Lipinski definition) is 5. The summed E-state index contributed by atoms with van der Waals surface area (Å²) in [7, 11) is 0. The average molecular weight is 680 g/mol. The number of rotatable bonds is 38. The monoisotopic (exact) mass is 680 g/mol. The molecule has 1 N–H and O–H groups in total. The van der Waals surface area contributed by atoms with Gasteiger partial charge in [0.1, 0.15) is 0 Å². The van der Waals surface area contributed by atoms with Crippen LogP contribution in [0.25, 0.3) is 0 Å². The largest absolute Gasteiger partial charge is 0.466 e. The standard InChI is InChI=1S/C43H85NO4/c1-6-9-12-15-16-22-29-38-47-41(45)33-26-27-34-43(4,5)35-37-44-36-28-21-17-20-25-32-42(46)48-39-40(30-23-18-13-10-7-2)31-24-19-14-11-8-3/h40,44H,6-39H2,1-5H3. The Morgan fingerprint density at radius 1 is 0.500 bits per heavy atom. The Hall–Kier alpha value is -1.10. The van der Waals surface area contributed by atoms with E-state index in [4.69, 9.17) is 9.47 Å². The van der Waals surface area contributed by atoms with Crippen molar-refractivity contribution in [2.24, 2.45) is 11.3 Å². The van der Waals surface area contributed by atoms with Gasteiger partial charge in [-0.1, -0.05) is 163 Å². The van der Waals surface area contributed by atoms with E-state index in [1.807, 2.05) is 0 Å². The smallest absolute Gasteiger partial charge is 0.305 e. The molecule has 286 valence electrons. The van der Waals surface area contributed by atoms with Crippen LogP contribution in [0.1, 0.15) is 227 Å². The summed E-state index contributed by atoms with van der Waals surface area (Å²) in [6.45, 7) is 14.8. The molecule has 0 spiro atoms. The van der Waals surface area contributed by atoms with Crippen molar-refractivity contribution in [3.05, 3.63) is 0 Å². The lowest BCUT2D eigenvalue weighted by Gasteiger charge is -2.24. The van der Waals surface area contributed by atoms with Crippen molar-refractivity contribution in [3.63, 3.8) is 0 Å². The van der Waals surface area contributed by atoms with Gasteiger partial charge in [-0.25, -0.2) is 0 Å². The van der Waals surface area contributed by atoms with Crippen LogP contribution in [0, 0.1) is 11.3 Å². The molecule has 0 radical (unpaired) electrons. The minimum atomic E-state index is -0.0175. The van der Waals surface area contributed by atoms with Gasteiger partial charge in [0.2, 0.25) is 0 Å². The van der Waals surface area contributed by atoms with Gasteiger partial charge in [-0.2, -0.15) is 0 Å². The number of ether oxygens (including phenoxy) is 2. The number of unbranched alkanes of at least 4 members (excludes halogenated alkanes) is 19. The summed E-state index contributed by atoms with van der Waals surface area (Å²) in [5, 5.41) is 3.63. The van der Waals surface area contributed by atoms with Gasteiger partial charge in [0.05, 0.1) is 13.2 Å². The molecule has 0 bridgehead atoms. The van der Waals surface area contributed by atoms with Gasteiger partial charge in [0, 0.05) is 12.8 Å². The van der Waals surface area contributed by atoms with E-state index < -0.39 is 0 Å². The molecule has 0 fully saturated rings. The van der Waals surface area contributed by atoms with Gasteiger partial charge in [0.25, 0.3) is 0 Å². The Morgan fingerprint density at radius 3 is 1.54 bits per heavy atom. The molecule has 0 saturated carbocycles. The van der Waals surface area contributed by atoms with E-state index in [9.17, 15) is 9.59 Å². The summed E-state index contributed by atoms with van der Waals surface area (Å²) in [6.07, 6.45) is 35.5. The van der Waals surface area contributed by atoms with Crippen LogP contribution in [0.4, 0.5) is 0 Å². The molecule has 0 amide bonds. The second kappa shape index (κ2) is 35.7. The molecule has 0 aliphatic heterocycles. The van der Waals surface area contributed by atoms with E-state index >= 15 is 0 Å². The minimum Gasteiger partial charge on any atom is -0.466 e. The van der Waals surface area contributed by atoms with E-state index in [1.165, 1.54) is 135 Å². The zero-order valence-electron chi connectivity index (χ0n) is 33.3. The van der Waals surface area contributed by atoms with Crippen LogP contribution in [-0.4, -0.2) is 38.2 Å². The topological polar surface area (TPSA) is 64.6 Å². The van der Waals surface area contributed by atoms with Gasteiger partial charge in [0.15, 0.2) is 0 Å². The molecule has 0 atom stereocenters. The van der Waals surface area contributed by atoms with Crippen LogP contribution in [0.2, 0.25) is 0 Å². The third kappa shape index (κ3) is 34.8. The van der Waals surface area contributed by atoms with E-state index in [1.54, 1.807) is 0 Å². The molecule has 0 aliphatic rings. The Labute approximate surface area is 300 Å². The van der Waals surface area contributed by atoms with Gasteiger partial charge < -0.3 is 14.8 Å². The van der Waals surface area contributed by atoms with Crippen molar-refractivity contribution in [2.75, 3.05) is 26.3 Å². The van der Waals surface area contributed by atoms with Gasteiger partial charge >= 0.3 is 11.9 Å².